The monoisotopic (exact) mass is 701 g/mol. The third-order valence-electron chi connectivity index (χ3n) is 10.8. The summed E-state index contributed by atoms with van der Waals surface area (Å²) < 4.78 is 1.86. The molecule has 2 amide bonds. The van der Waals surface area contributed by atoms with Crippen molar-refractivity contribution in [2.45, 2.75) is 56.5 Å². The molecule has 1 spiro atoms. The zero-order chi connectivity index (χ0) is 32.7. The Labute approximate surface area is 284 Å². The zero-order valence-corrected chi connectivity index (χ0v) is 28.8. The summed E-state index contributed by atoms with van der Waals surface area (Å²) in [4.78, 5) is 43.7. The molecule has 4 saturated heterocycles. The van der Waals surface area contributed by atoms with Gasteiger partial charge in [0.25, 0.3) is 5.56 Å². The van der Waals surface area contributed by atoms with Gasteiger partial charge in [-0.2, -0.15) is 5.10 Å². The second-order valence-corrected chi connectivity index (χ2v) is 15.1. The molecule has 3 atom stereocenters. The Morgan fingerprint density at radius 3 is 2.51 bits per heavy atom. The van der Waals surface area contributed by atoms with Crippen LogP contribution in [0.1, 0.15) is 60.6 Å². The summed E-state index contributed by atoms with van der Waals surface area (Å²) in [6, 6.07) is 17.8. The maximum absolute atomic E-state index is 12.4. The van der Waals surface area contributed by atoms with Gasteiger partial charge >= 0.3 is 0 Å². The minimum Gasteiger partial charge on any atom is -0.379 e. The Balaban J connectivity index is 0.898. The molecule has 4 aliphatic heterocycles. The van der Waals surface area contributed by atoms with Crippen molar-refractivity contribution in [2.75, 3.05) is 56.5 Å². The van der Waals surface area contributed by atoms with E-state index in [9.17, 15) is 14.4 Å². The maximum Gasteiger partial charge on any atom is 0.282 e. The number of piperidine rings is 3. The minimum absolute atomic E-state index is 0.140. The first-order valence-corrected chi connectivity index (χ1v) is 17.6. The normalized spacial score (nSPS) is 25.0. The fourth-order valence-corrected chi connectivity index (χ4v) is 8.52. The van der Waals surface area contributed by atoms with Gasteiger partial charge in [0, 0.05) is 63.3 Å². The predicted molar refractivity (Wildman–Crippen MR) is 187 cm³/mol. The first-order chi connectivity index (χ1) is 22.6. The van der Waals surface area contributed by atoms with Crippen LogP contribution in [0.2, 0.25) is 0 Å². The molecular weight excluding hydrogens is 658 g/mol. The molecular formula is C36H44BrN7O3. The number of imide groups is 1. The van der Waals surface area contributed by atoms with Gasteiger partial charge in [0.1, 0.15) is 4.47 Å². The van der Waals surface area contributed by atoms with Crippen molar-refractivity contribution >= 4 is 39.1 Å². The number of benzene rings is 2. The number of likely N-dealkylation sites (N-methyl/N-ethyl adjacent to an activating group) is 1. The molecule has 11 heteroatoms. The molecule has 5 heterocycles. The number of hydrogen-bond acceptors (Lipinski definition) is 8. The number of amides is 2. The molecule has 0 saturated carbocycles. The number of aromatic nitrogens is 2. The lowest BCUT2D eigenvalue weighted by Crippen LogP contribution is -2.60. The van der Waals surface area contributed by atoms with E-state index in [-0.39, 0.29) is 29.3 Å². The number of nitrogens with one attached hydrogen (secondary N) is 2. The molecule has 2 N–H and O–H groups in total. The Morgan fingerprint density at radius 2 is 1.77 bits per heavy atom. The van der Waals surface area contributed by atoms with Crippen LogP contribution in [0, 0.1) is 5.41 Å². The van der Waals surface area contributed by atoms with Crippen molar-refractivity contribution in [2.24, 2.45) is 12.5 Å². The smallest absolute Gasteiger partial charge is 0.282 e. The number of hydrogen-bond donors (Lipinski definition) is 2. The van der Waals surface area contributed by atoms with E-state index < -0.39 is 0 Å². The molecule has 1 unspecified atom stereocenters. The van der Waals surface area contributed by atoms with Crippen LogP contribution in [0.25, 0.3) is 0 Å². The zero-order valence-electron chi connectivity index (χ0n) is 27.3. The second kappa shape index (κ2) is 13.2. The molecule has 47 heavy (non-hydrogen) atoms. The summed E-state index contributed by atoms with van der Waals surface area (Å²) in [6.45, 7) is 7.26. The van der Waals surface area contributed by atoms with E-state index in [2.05, 4.69) is 89.8 Å². The van der Waals surface area contributed by atoms with Crippen molar-refractivity contribution in [3.63, 3.8) is 0 Å². The van der Waals surface area contributed by atoms with Crippen LogP contribution in [0.4, 0.5) is 11.4 Å². The highest BCUT2D eigenvalue weighted by Gasteiger charge is 2.45. The summed E-state index contributed by atoms with van der Waals surface area (Å²) in [7, 11) is 3.82. The van der Waals surface area contributed by atoms with Crippen LogP contribution in [-0.2, 0) is 23.2 Å². The average Bonchev–Trinajstić information content (AvgIpc) is 3.04. The van der Waals surface area contributed by atoms with Crippen LogP contribution < -0.4 is 21.1 Å². The summed E-state index contributed by atoms with van der Waals surface area (Å²) in [6.07, 6.45) is 6.12. The summed E-state index contributed by atoms with van der Waals surface area (Å²) in [5.74, 6) is -0.165. The van der Waals surface area contributed by atoms with E-state index in [1.165, 1.54) is 34.3 Å². The second-order valence-electron chi connectivity index (χ2n) is 14.3. The summed E-state index contributed by atoms with van der Waals surface area (Å²) in [5, 5.41) is 10.2. The highest BCUT2D eigenvalue weighted by atomic mass is 79.9. The maximum atomic E-state index is 12.4. The van der Waals surface area contributed by atoms with Gasteiger partial charge in [0.05, 0.1) is 17.8 Å². The lowest BCUT2D eigenvalue weighted by atomic mass is 9.71. The Kier molecular flexibility index (Phi) is 8.97. The van der Waals surface area contributed by atoms with Crippen LogP contribution in [0.15, 0.2) is 64.0 Å². The van der Waals surface area contributed by atoms with E-state index in [4.69, 9.17) is 0 Å². The van der Waals surface area contributed by atoms with Gasteiger partial charge in [-0.3, -0.25) is 24.6 Å². The Hall–Kier alpha value is -3.54. The van der Waals surface area contributed by atoms with E-state index in [1.54, 1.807) is 13.2 Å². The summed E-state index contributed by atoms with van der Waals surface area (Å²) in [5.41, 5.74) is 5.90. The number of carbonyl (C=O) groups is 2. The summed E-state index contributed by atoms with van der Waals surface area (Å²) >= 11 is 3.45. The first-order valence-electron chi connectivity index (χ1n) is 16.8. The van der Waals surface area contributed by atoms with Gasteiger partial charge in [0.15, 0.2) is 0 Å². The fourth-order valence-electron chi connectivity index (χ4n) is 8.05. The third kappa shape index (κ3) is 6.89. The van der Waals surface area contributed by atoms with Crippen LogP contribution in [0.5, 0.6) is 0 Å². The molecule has 2 aromatic carbocycles. The molecule has 4 aliphatic rings. The van der Waals surface area contributed by atoms with E-state index in [0.29, 0.717) is 28.6 Å². The number of halogens is 1. The van der Waals surface area contributed by atoms with Gasteiger partial charge in [-0.15, -0.1) is 0 Å². The predicted octanol–water partition coefficient (Wildman–Crippen LogP) is 4.07. The largest absolute Gasteiger partial charge is 0.379 e. The van der Waals surface area contributed by atoms with Crippen molar-refractivity contribution < 1.29 is 9.59 Å². The molecule has 3 aromatic rings. The van der Waals surface area contributed by atoms with Crippen molar-refractivity contribution in [3.05, 3.63) is 86.2 Å². The van der Waals surface area contributed by atoms with Gasteiger partial charge in [-0.25, -0.2) is 4.68 Å². The molecule has 0 bridgehead atoms. The van der Waals surface area contributed by atoms with Gasteiger partial charge in [0.2, 0.25) is 11.8 Å². The topological polar surface area (TPSA) is 103 Å². The number of rotatable bonds is 7. The highest BCUT2D eigenvalue weighted by Crippen LogP contribution is 2.43. The SMILES string of the molecule is CN1C[C@@H](Nc2cnn(C)c(=O)c2Br)C[C@@H](c2ccc(CN3CCC4(CC3)CN(c3cccc(C5CCC(=O)NC5=O)c3)C4)cc2)C1. The van der Waals surface area contributed by atoms with Crippen LogP contribution in [0.3, 0.4) is 0 Å². The van der Waals surface area contributed by atoms with Crippen LogP contribution in [-0.4, -0.2) is 83.8 Å². The van der Waals surface area contributed by atoms with Crippen molar-refractivity contribution in [1.82, 2.24) is 24.9 Å². The molecule has 10 nitrogen and oxygen atoms in total. The van der Waals surface area contributed by atoms with Crippen molar-refractivity contribution in [3.8, 4) is 0 Å². The quantitative estimate of drug-likeness (QED) is 0.356. The molecule has 0 aliphatic carbocycles. The first kappa shape index (κ1) is 32.0. The number of likely N-dealkylation sites (tertiary alicyclic amines) is 2. The fraction of sp³-hybridized carbons (Fsp3) is 0.500. The number of aryl methyl sites for hydroxylation is 1. The van der Waals surface area contributed by atoms with E-state index in [1.807, 2.05) is 12.1 Å². The number of carbonyl (C=O) groups excluding carboxylic acids is 2. The lowest BCUT2D eigenvalue weighted by molar-refractivity contribution is -0.134. The van der Waals surface area contributed by atoms with Crippen molar-refractivity contribution in [1.29, 1.82) is 0 Å². The molecule has 248 valence electrons. The van der Waals surface area contributed by atoms with Gasteiger partial charge in [-0.05, 0) is 96.5 Å². The van der Waals surface area contributed by atoms with E-state index in [0.717, 1.165) is 63.5 Å². The molecule has 1 aromatic heterocycles. The highest BCUT2D eigenvalue weighted by molar-refractivity contribution is 9.10. The molecule has 7 rings (SSSR count). The Bertz CT molecular complexity index is 1690. The standard InChI is InChI=1S/C36H44BrN7O3/c1-41-20-27(16-28(21-41)39-31-18-38-42(2)35(47)33(31)37)25-8-6-24(7-9-25)19-43-14-12-36(13-15-43)22-44(23-36)29-5-3-4-26(17-29)30-10-11-32(45)40-34(30)46/h3-9,17-18,27-28,30,39H,10-16,19-23H2,1-2H3,(H,40,45,46)/t27-,28+,30?/m1/s1. The minimum atomic E-state index is -0.240. The van der Waals surface area contributed by atoms with Gasteiger partial charge < -0.3 is 15.1 Å². The number of nitrogens with zero attached hydrogens (tertiary/aromatic N) is 5. The lowest BCUT2D eigenvalue weighted by Gasteiger charge is -2.55. The molecule has 0 radical (unpaired) electrons. The third-order valence-corrected chi connectivity index (χ3v) is 11.5. The van der Waals surface area contributed by atoms with Gasteiger partial charge in [-0.1, -0.05) is 36.4 Å². The average molecular weight is 703 g/mol. The van der Waals surface area contributed by atoms with Crippen LogP contribution >= 0.6 is 15.9 Å². The molecule has 4 fully saturated rings. The van der Waals surface area contributed by atoms with E-state index >= 15 is 0 Å². The Morgan fingerprint density at radius 1 is 1.00 bits per heavy atom. The number of anilines is 2.